The molecule has 0 aliphatic carbocycles. The molecule has 0 heterocycles. The van der Waals surface area contributed by atoms with Crippen molar-refractivity contribution in [1.29, 1.82) is 0 Å². The van der Waals surface area contributed by atoms with E-state index in [9.17, 15) is 0 Å². The molecule has 0 aromatic carbocycles. The smallest absolute Gasteiger partial charge is 0.0306 e. The minimum atomic E-state index is 0.771. The minimum Gasteiger partial charge on any atom is -0.402 e. The van der Waals surface area contributed by atoms with Crippen LogP contribution in [0.25, 0.3) is 0 Å². The van der Waals surface area contributed by atoms with Crippen LogP contribution in [0.2, 0.25) is 0 Å². The number of hydrogen-bond donors (Lipinski definition) is 2. The monoisotopic (exact) mass is 150 g/mol. The zero-order valence-electron chi connectivity index (χ0n) is 6.80. The van der Waals surface area contributed by atoms with E-state index in [-0.39, 0.29) is 0 Å². The predicted octanol–water partition coefficient (Wildman–Crippen LogP) is 1.65. The van der Waals surface area contributed by atoms with E-state index in [1.54, 1.807) is 12.3 Å². The molecule has 0 fully saturated rings. The van der Waals surface area contributed by atoms with Crippen LogP contribution in [-0.4, -0.2) is 0 Å². The highest BCUT2D eigenvalue weighted by molar-refractivity contribution is 5.19. The van der Waals surface area contributed by atoms with Crippen molar-refractivity contribution in [1.82, 2.24) is 5.32 Å². The maximum Gasteiger partial charge on any atom is 0.0306 e. The zero-order valence-corrected chi connectivity index (χ0v) is 6.80. The highest BCUT2D eigenvalue weighted by Gasteiger charge is 1.77. The van der Waals surface area contributed by atoms with E-state index in [4.69, 9.17) is 5.73 Å². The lowest BCUT2D eigenvalue weighted by Gasteiger charge is -1.94. The molecule has 11 heavy (non-hydrogen) atoms. The summed E-state index contributed by atoms with van der Waals surface area (Å²) in [4.78, 5) is 0. The highest BCUT2D eigenvalue weighted by atomic mass is 14.8. The van der Waals surface area contributed by atoms with Gasteiger partial charge in [-0.2, -0.15) is 0 Å². The van der Waals surface area contributed by atoms with E-state index in [0.29, 0.717) is 0 Å². The van der Waals surface area contributed by atoms with Gasteiger partial charge in [0.25, 0.3) is 0 Å². The molecule has 0 aliphatic rings. The van der Waals surface area contributed by atoms with Gasteiger partial charge in [0.2, 0.25) is 0 Å². The van der Waals surface area contributed by atoms with Gasteiger partial charge in [0.05, 0.1) is 0 Å². The van der Waals surface area contributed by atoms with Gasteiger partial charge >= 0.3 is 0 Å². The van der Waals surface area contributed by atoms with Crippen molar-refractivity contribution in [3.8, 4) is 0 Å². The summed E-state index contributed by atoms with van der Waals surface area (Å²) < 4.78 is 0. The van der Waals surface area contributed by atoms with Gasteiger partial charge in [0.15, 0.2) is 0 Å². The second-order valence-corrected chi connectivity index (χ2v) is 2.14. The van der Waals surface area contributed by atoms with Gasteiger partial charge in [-0.25, -0.2) is 0 Å². The maximum absolute atomic E-state index is 5.39. The van der Waals surface area contributed by atoms with Crippen LogP contribution in [0.3, 0.4) is 0 Å². The summed E-state index contributed by atoms with van der Waals surface area (Å²) in [6.45, 7) is 9.03. The first-order valence-corrected chi connectivity index (χ1v) is 3.33. The molecule has 60 valence electrons. The fraction of sp³-hybridized carbons (Fsp3) is 0.111. The van der Waals surface area contributed by atoms with E-state index in [1.807, 2.05) is 19.1 Å². The van der Waals surface area contributed by atoms with Gasteiger partial charge < -0.3 is 11.1 Å². The van der Waals surface area contributed by atoms with Crippen molar-refractivity contribution < 1.29 is 0 Å². The molecular weight excluding hydrogens is 136 g/mol. The topological polar surface area (TPSA) is 38.0 Å². The molecule has 0 atom stereocenters. The van der Waals surface area contributed by atoms with Crippen molar-refractivity contribution in [3.05, 3.63) is 49.0 Å². The summed E-state index contributed by atoms with van der Waals surface area (Å²) in [6.07, 6.45) is 7.02. The quantitative estimate of drug-likeness (QED) is 0.598. The summed E-state index contributed by atoms with van der Waals surface area (Å²) in [5.74, 6) is 0. The highest BCUT2D eigenvalue weighted by Crippen LogP contribution is 1.88. The molecule has 0 aromatic heterocycles. The molecular formula is C9H14N2. The lowest BCUT2D eigenvalue weighted by atomic mass is 10.3. The molecule has 3 N–H and O–H groups in total. The standard InChI is InChI=1S/C9H14N2/c1-4-11-9(3)7-5-6-8(2)10/h4-7,11H,1,3,10H2,2H3/b7-5-,8-6+. The Kier molecular flexibility index (Phi) is 4.65. The van der Waals surface area contributed by atoms with Gasteiger partial charge in [0, 0.05) is 11.4 Å². The lowest BCUT2D eigenvalue weighted by molar-refractivity contribution is 1.13. The molecule has 0 aromatic rings. The average Bonchev–Trinajstić information content (AvgIpc) is 1.87. The Balaban J connectivity index is 3.83. The van der Waals surface area contributed by atoms with E-state index in [2.05, 4.69) is 18.5 Å². The first kappa shape index (κ1) is 9.56. The molecule has 0 saturated carbocycles. The largest absolute Gasteiger partial charge is 0.402 e. The van der Waals surface area contributed by atoms with Crippen LogP contribution in [-0.2, 0) is 0 Å². The van der Waals surface area contributed by atoms with Gasteiger partial charge in [-0.1, -0.05) is 19.2 Å². The Labute approximate surface area is 67.8 Å². The number of nitrogens with one attached hydrogen (secondary N) is 1. The number of allylic oxidation sites excluding steroid dienone is 4. The molecule has 0 unspecified atom stereocenters. The van der Waals surface area contributed by atoms with Crippen molar-refractivity contribution >= 4 is 0 Å². The van der Waals surface area contributed by atoms with Gasteiger partial charge in [-0.05, 0) is 25.3 Å². The Morgan fingerprint density at radius 1 is 1.55 bits per heavy atom. The lowest BCUT2D eigenvalue weighted by Crippen LogP contribution is -1.98. The molecule has 0 aliphatic heterocycles. The van der Waals surface area contributed by atoms with E-state index >= 15 is 0 Å². The molecule has 0 amide bonds. The van der Waals surface area contributed by atoms with Crippen LogP contribution in [0.15, 0.2) is 49.0 Å². The van der Waals surface area contributed by atoms with Gasteiger partial charge in [-0.15, -0.1) is 0 Å². The zero-order chi connectivity index (χ0) is 8.69. The second-order valence-electron chi connectivity index (χ2n) is 2.14. The van der Waals surface area contributed by atoms with Gasteiger partial charge in [0.1, 0.15) is 0 Å². The van der Waals surface area contributed by atoms with Crippen LogP contribution < -0.4 is 11.1 Å². The van der Waals surface area contributed by atoms with Gasteiger partial charge in [-0.3, -0.25) is 0 Å². The maximum atomic E-state index is 5.39. The Morgan fingerprint density at radius 2 is 2.18 bits per heavy atom. The molecule has 0 saturated heterocycles. The van der Waals surface area contributed by atoms with E-state index in [0.717, 1.165) is 11.4 Å². The van der Waals surface area contributed by atoms with E-state index < -0.39 is 0 Å². The minimum absolute atomic E-state index is 0.771. The van der Waals surface area contributed by atoms with Crippen molar-refractivity contribution in [2.75, 3.05) is 0 Å². The third-order valence-corrected chi connectivity index (χ3v) is 0.944. The van der Waals surface area contributed by atoms with E-state index in [1.165, 1.54) is 0 Å². The summed E-state index contributed by atoms with van der Waals surface area (Å²) in [5, 5.41) is 2.83. The first-order valence-electron chi connectivity index (χ1n) is 3.33. The van der Waals surface area contributed by atoms with Crippen LogP contribution >= 0.6 is 0 Å². The molecule has 0 spiro atoms. The summed E-state index contributed by atoms with van der Waals surface area (Å²) >= 11 is 0. The van der Waals surface area contributed by atoms with Crippen LogP contribution in [0, 0.1) is 0 Å². The van der Waals surface area contributed by atoms with Crippen LogP contribution in [0.1, 0.15) is 6.92 Å². The fourth-order valence-electron chi connectivity index (χ4n) is 0.495. The molecule has 0 bridgehead atoms. The van der Waals surface area contributed by atoms with Crippen molar-refractivity contribution in [2.24, 2.45) is 5.73 Å². The summed E-state index contributed by atoms with van der Waals surface area (Å²) in [6, 6.07) is 0. The predicted molar refractivity (Wildman–Crippen MR) is 49.6 cm³/mol. The molecule has 0 rings (SSSR count). The Hall–Kier alpha value is -1.44. The SMILES string of the molecule is C=CNC(=C)/C=C\C=C(/C)N. The molecule has 2 heteroatoms. The third kappa shape index (κ3) is 6.45. The number of nitrogens with two attached hydrogens (primary N) is 1. The normalized spacial score (nSPS) is 11.5. The summed E-state index contributed by atoms with van der Waals surface area (Å²) in [7, 11) is 0. The fourth-order valence-corrected chi connectivity index (χ4v) is 0.495. The Bertz CT molecular complexity index is 196. The average molecular weight is 150 g/mol. The first-order chi connectivity index (χ1) is 5.16. The van der Waals surface area contributed by atoms with Crippen molar-refractivity contribution in [2.45, 2.75) is 6.92 Å². The van der Waals surface area contributed by atoms with Crippen molar-refractivity contribution in [3.63, 3.8) is 0 Å². The van der Waals surface area contributed by atoms with Crippen LogP contribution in [0.4, 0.5) is 0 Å². The Morgan fingerprint density at radius 3 is 2.64 bits per heavy atom. The summed E-state index contributed by atoms with van der Waals surface area (Å²) in [5.41, 5.74) is 6.95. The number of hydrogen-bond acceptors (Lipinski definition) is 2. The number of rotatable bonds is 4. The molecule has 0 radical (unpaired) electrons. The van der Waals surface area contributed by atoms with Crippen LogP contribution in [0.5, 0.6) is 0 Å². The third-order valence-electron chi connectivity index (χ3n) is 0.944. The second kappa shape index (κ2) is 5.35. The molecule has 2 nitrogen and oxygen atoms in total.